The maximum Gasteiger partial charge on any atom is 0.239 e. The molecular formula is C15H22N2O2S. The van der Waals surface area contributed by atoms with Crippen LogP contribution in [0.25, 0.3) is 0 Å². The summed E-state index contributed by atoms with van der Waals surface area (Å²) in [5.41, 5.74) is 5.84. The van der Waals surface area contributed by atoms with Crippen LogP contribution >= 0.6 is 12.2 Å². The Labute approximate surface area is 125 Å². The first-order valence-electron chi connectivity index (χ1n) is 6.65. The van der Waals surface area contributed by atoms with Crippen LogP contribution in [0.1, 0.15) is 26.7 Å². The van der Waals surface area contributed by atoms with Crippen molar-refractivity contribution >= 4 is 28.8 Å². The number of thiocarbonyl (C=S) groups is 1. The van der Waals surface area contributed by atoms with Gasteiger partial charge in [-0.1, -0.05) is 26.1 Å². The molecule has 0 bridgehead atoms. The first-order valence-corrected chi connectivity index (χ1v) is 7.05. The minimum atomic E-state index is -0.774. The van der Waals surface area contributed by atoms with Crippen molar-refractivity contribution in [2.24, 2.45) is 11.1 Å². The van der Waals surface area contributed by atoms with E-state index in [9.17, 15) is 4.79 Å². The maximum atomic E-state index is 12.8. The first kappa shape index (κ1) is 16.4. The SMILES string of the molecule is CCC(CC)(C(=O)N(C)c1ccc(OC)cc1)C(N)=S. The lowest BCUT2D eigenvalue weighted by molar-refractivity contribution is -0.124. The fourth-order valence-corrected chi connectivity index (χ4v) is 2.63. The number of benzene rings is 1. The third kappa shape index (κ3) is 2.93. The number of hydrogen-bond donors (Lipinski definition) is 1. The molecule has 1 aromatic carbocycles. The second-order valence-electron chi connectivity index (χ2n) is 4.72. The molecule has 0 radical (unpaired) electrons. The molecule has 4 nitrogen and oxygen atoms in total. The largest absolute Gasteiger partial charge is 0.497 e. The Morgan fingerprint density at radius 1 is 1.30 bits per heavy atom. The van der Waals surface area contributed by atoms with Crippen molar-refractivity contribution in [2.45, 2.75) is 26.7 Å². The lowest BCUT2D eigenvalue weighted by Crippen LogP contribution is -2.49. The van der Waals surface area contributed by atoms with Crippen molar-refractivity contribution in [3.05, 3.63) is 24.3 Å². The summed E-state index contributed by atoms with van der Waals surface area (Å²) < 4.78 is 5.11. The van der Waals surface area contributed by atoms with Gasteiger partial charge in [-0.25, -0.2) is 0 Å². The molecule has 5 heteroatoms. The van der Waals surface area contributed by atoms with E-state index in [4.69, 9.17) is 22.7 Å². The van der Waals surface area contributed by atoms with Gasteiger partial charge in [-0.3, -0.25) is 4.79 Å². The summed E-state index contributed by atoms with van der Waals surface area (Å²) in [6.45, 7) is 3.87. The van der Waals surface area contributed by atoms with Gasteiger partial charge in [-0.15, -0.1) is 0 Å². The molecule has 0 saturated carbocycles. The molecular weight excluding hydrogens is 272 g/mol. The van der Waals surface area contributed by atoms with E-state index >= 15 is 0 Å². The van der Waals surface area contributed by atoms with Crippen molar-refractivity contribution in [2.75, 3.05) is 19.1 Å². The summed E-state index contributed by atoms with van der Waals surface area (Å²) >= 11 is 5.12. The minimum absolute atomic E-state index is 0.0693. The first-order chi connectivity index (χ1) is 9.42. The van der Waals surface area contributed by atoms with E-state index in [1.807, 2.05) is 38.1 Å². The number of ether oxygens (including phenoxy) is 1. The number of nitrogens with zero attached hydrogens (tertiary/aromatic N) is 1. The molecule has 0 fully saturated rings. The molecule has 110 valence electrons. The molecule has 0 spiro atoms. The lowest BCUT2D eigenvalue weighted by Gasteiger charge is -2.33. The van der Waals surface area contributed by atoms with Crippen molar-refractivity contribution in [3.8, 4) is 5.75 Å². The number of hydrogen-bond acceptors (Lipinski definition) is 3. The summed E-state index contributed by atoms with van der Waals surface area (Å²) in [6, 6.07) is 7.32. The molecule has 2 N–H and O–H groups in total. The average molecular weight is 294 g/mol. The predicted octanol–water partition coefficient (Wildman–Crippen LogP) is 2.75. The molecule has 0 aliphatic rings. The molecule has 0 aromatic heterocycles. The zero-order chi connectivity index (χ0) is 15.3. The van der Waals surface area contributed by atoms with Crippen LogP contribution in [0.5, 0.6) is 5.75 Å². The number of carbonyl (C=O) groups excluding carboxylic acids is 1. The summed E-state index contributed by atoms with van der Waals surface area (Å²) in [5, 5.41) is 0. The van der Waals surface area contributed by atoms with Crippen LogP contribution in [0.15, 0.2) is 24.3 Å². The van der Waals surface area contributed by atoms with Crippen LogP contribution in [-0.2, 0) is 4.79 Å². The highest BCUT2D eigenvalue weighted by atomic mass is 32.1. The molecule has 1 rings (SSSR count). The van der Waals surface area contributed by atoms with Crippen LogP contribution in [0, 0.1) is 5.41 Å². The van der Waals surface area contributed by atoms with E-state index in [1.54, 1.807) is 19.1 Å². The molecule has 0 aliphatic carbocycles. The number of amides is 1. The van der Waals surface area contributed by atoms with Gasteiger partial charge >= 0.3 is 0 Å². The molecule has 0 heterocycles. The Kier molecular flexibility index (Phi) is 5.51. The highest BCUT2D eigenvalue weighted by Gasteiger charge is 2.40. The van der Waals surface area contributed by atoms with Gasteiger partial charge in [0, 0.05) is 12.7 Å². The van der Waals surface area contributed by atoms with Crippen LogP contribution in [0.2, 0.25) is 0 Å². The van der Waals surface area contributed by atoms with E-state index in [1.165, 1.54) is 0 Å². The number of nitrogens with two attached hydrogens (primary N) is 1. The van der Waals surface area contributed by atoms with Gasteiger partial charge in [0.1, 0.15) is 5.75 Å². The maximum absolute atomic E-state index is 12.8. The van der Waals surface area contributed by atoms with Gasteiger partial charge in [0.05, 0.1) is 17.5 Å². The molecule has 0 atom stereocenters. The number of carbonyl (C=O) groups is 1. The molecule has 20 heavy (non-hydrogen) atoms. The number of anilines is 1. The van der Waals surface area contributed by atoms with Gasteiger partial charge < -0.3 is 15.4 Å². The second-order valence-corrected chi connectivity index (χ2v) is 5.16. The van der Waals surface area contributed by atoms with Crippen molar-refractivity contribution < 1.29 is 9.53 Å². The van der Waals surface area contributed by atoms with Gasteiger partial charge in [0.2, 0.25) is 5.91 Å². The van der Waals surface area contributed by atoms with Crippen molar-refractivity contribution in [1.82, 2.24) is 0 Å². The summed E-state index contributed by atoms with van der Waals surface area (Å²) in [6.07, 6.45) is 1.19. The van der Waals surface area contributed by atoms with Gasteiger partial charge in [0.25, 0.3) is 0 Å². The average Bonchev–Trinajstić information content (AvgIpc) is 2.48. The Bertz CT molecular complexity index is 481. The molecule has 0 aliphatic heterocycles. The summed E-state index contributed by atoms with van der Waals surface area (Å²) in [4.78, 5) is 14.6. The Balaban J connectivity index is 3.07. The van der Waals surface area contributed by atoms with Crippen LogP contribution < -0.4 is 15.4 Å². The van der Waals surface area contributed by atoms with Crippen LogP contribution in [0.3, 0.4) is 0 Å². The third-order valence-corrected chi connectivity index (χ3v) is 4.24. The Morgan fingerprint density at radius 3 is 2.15 bits per heavy atom. The van der Waals surface area contributed by atoms with Crippen LogP contribution in [-0.4, -0.2) is 25.1 Å². The fraction of sp³-hybridized carbons (Fsp3) is 0.467. The smallest absolute Gasteiger partial charge is 0.239 e. The normalized spacial score (nSPS) is 11.0. The van der Waals surface area contributed by atoms with Gasteiger partial charge in [-0.2, -0.15) is 0 Å². The molecule has 0 unspecified atom stereocenters. The fourth-order valence-electron chi connectivity index (χ4n) is 2.25. The van der Waals surface area contributed by atoms with E-state index in [-0.39, 0.29) is 10.9 Å². The van der Waals surface area contributed by atoms with Gasteiger partial charge in [0.15, 0.2) is 0 Å². The molecule has 1 aromatic rings. The highest BCUT2D eigenvalue weighted by molar-refractivity contribution is 7.80. The predicted molar refractivity (Wildman–Crippen MR) is 86.2 cm³/mol. The number of methoxy groups -OCH3 is 1. The van der Waals surface area contributed by atoms with E-state index in [0.717, 1.165) is 11.4 Å². The third-order valence-electron chi connectivity index (χ3n) is 3.85. The monoisotopic (exact) mass is 294 g/mol. The van der Waals surface area contributed by atoms with Crippen molar-refractivity contribution in [3.63, 3.8) is 0 Å². The zero-order valence-corrected chi connectivity index (χ0v) is 13.3. The number of rotatable bonds is 6. The molecule has 1 amide bonds. The minimum Gasteiger partial charge on any atom is -0.497 e. The Morgan fingerprint density at radius 2 is 1.80 bits per heavy atom. The Hall–Kier alpha value is -1.62. The van der Waals surface area contributed by atoms with Crippen molar-refractivity contribution in [1.29, 1.82) is 0 Å². The summed E-state index contributed by atoms with van der Waals surface area (Å²) in [5.74, 6) is 0.682. The van der Waals surface area contributed by atoms with E-state index in [2.05, 4.69) is 0 Å². The van der Waals surface area contributed by atoms with E-state index < -0.39 is 5.41 Å². The van der Waals surface area contributed by atoms with Crippen LogP contribution in [0.4, 0.5) is 5.69 Å². The topological polar surface area (TPSA) is 55.6 Å². The summed E-state index contributed by atoms with van der Waals surface area (Å²) in [7, 11) is 3.35. The lowest BCUT2D eigenvalue weighted by atomic mass is 9.80. The van der Waals surface area contributed by atoms with E-state index in [0.29, 0.717) is 12.8 Å². The standard InChI is InChI=1S/C15H22N2O2S/c1-5-15(6-2,13(16)20)14(18)17(3)11-7-9-12(19-4)10-8-11/h7-10H,5-6H2,1-4H3,(H2,16,20). The zero-order valence-electron chi connectivity index (χ0n) is 12.5. The molecule has 0 saturated heterocycles. The second kappa shape index (κ2) is 6.70. The quantitative estimate of drug-likeness (QED) is 0.820. The highest BCUT2D eigenvalue weighted by Crippen LogP contribution is 2.31. The van der Waals surface area contributed by atoms with Gasteiger partial charge in [-0.05, 0) is 37.1 Å².